The maximum absolute atomic E-state index is 12.3. The second-order valence-corrected chi connectivity index (χ2v) is 5.56. The molecule has 0 spiro atoms. The number of nitrogens with one attached hydrogen (secondary N) is 2. The van der Waals surface area contributed by atoms with Gasteiger partial charge in [0.1, 0.15) is 0 Å². The van der Waals surface area contributed by atoms with Gasteiger partial charge in [0, 0.05) is 26.2 Å². The van der Waals surface area contributed by atoms with Gasteiger partial charge in [-0.1, -0.05) is 24.3 Å². The SMILES string of the molecule is CN=C(NCC(=O)N1CCc2ccccc2C1)NC(C)C. The molecule has 114 valence electrons. The molecule has 1 aromatic rings. The van der Waals surface area contributed by atoms with Crippen LogP contribution in [0.15, 0.2) is 29.3 Å². The third-order valence-electron chi connectivity index (χ3n) is 3.54. The van der Waals surface area contributed by atoms with E-state index in [9.17, 15) is 4.79 Å². The predicted molar refractivity (Wildman–Crippen MR) is 85.2 cm³/mol. The van der Waals surface area contributed by atoms with E-state index in [0.717, 1.165) is 13.0 Å². The Morgan fingerprint density at radius 1 is 1.33 bits per heavy atom. The number of guanidine groups is 1. The van der Waals surface area contributed by atoms with Crippen molar-refractivity contribution in [2.24, 2.45) is 4.99 Å². The van der Waals surface area contributed by atoms with E-state index in [1.165, 1.54) is 11.1 Å². The van der Waals surface area contributed by atoms with Crippen LogP contribution in [0, 0.1) is 0 Å². The van der Waals surface area contributed by atoms with Crippen molar-refractivity contribution in [2.75, 3.05) is 20.1 Å². The van der Waals surface area contributed by atoms with Gasteiger partial charge in [0.2, 0.25) is 5.91 Å². The summed E-state index contributed by atoms with van der Waals surface area (Å²) in [6, 6.07) is 8.61. The molecule has 1 aliphatic rings. The summed E-state index contributed by atoms with van der Waals surface area (Å²) in [7, 11) is 1.71. The van der Waals surface area contributed by atoms with Crippen molar-refractivity contribution in [1.29, 1.82) is 0 Å². The smallest absolute Gasteiger partial charge is 0.242 e. The molecular weight excluding hydrogens is 264 g/mol. The fraction of sp³-hybridized carbons (Fsp3) is 0.500. The summed E-state index contributed by atoms with van der Waals surface area (Å²) in [5.41, 5.74) is 2.61. The van der Waals surface area contributed by atoms with Gasteiger partial charge in [-0.2, -0.15) is 0 Å². The van der Waals surface area contributed by atoms with Crippen molar-refractivity contribution in [3.63, 3.8) is 0 Å². The Balaban J connectivity index is 1.88. The highest BCUT2D eigenvalue weighted by molar-refractivity contribution is 5.86. The number of nitrogens with zero attached hydrogens (tertiary/aromatic N) is 2. The minimum Gasteiger partial charge on any atom is -0.354 e. The first-order chi connectivity index (χ1) is 10.1. The average Bonchev–Trinajstić information content (AvgIpc) is 2.50. The Morgan fingerprint density at radius 2 is 2.05 bits per heavy atom. The van der Waals surface area contributed by atoms with E-state index in [1.807, 2.05) is 24.8 Å². The number of hydrogen-bond acceptors (Lipinski definition) is 2. The number of carbonyl (C=O) groups excluding carboxylic acids is 1. The van der Waals surface area contributed by atoms with Gasteiger partial charge in [-0.3, -0.25) is 9.79 Å². The van der Waals surface area contributed by atoms with E-state index < -0.39 is 0 Å². The summed E-state index contributed by atoms with van der Waals surface area (Å²) in [6.45, 7) is 5.84. The van der Waals surface area contributed by atoms with Gasteiger partial charge >= 0.3 is 0 Å². The van der Waals surface area contributed by atoms with E-state index in [-0.39, 0.29) is 18.5 Å². The second kappa shape index (κ2) is 7.11. The fourth-order valence-electron chi connectivity index (χ4n) is 2.45. The molecule has 1 aromatic carbocycles. The van der Waals surface area contributed by atoms with Crippen LogP contribution >= 0.6 is 0 Å². The highest BCUT2D eigenvalue weighted by Gasteiger charge is 2.20. The van der Waals surface area contributed by atoms with Crippen LogP contribution in [0.1, 0.15) is 25.0 Å². The minimum atomic E-state index is 0.108. The molecule has 0 unspecified atom stereocenters. The van der Waals surface area contributed by atoms with E-state index in [0.29, 0.717) is 12.5 Å². The van der Waals surface area contributed by atoms with Gasteiger partial charge in [0.15, 0.2) is 5.96 Å². The normalized spacial score (nSPS) is 14.9. The molecule has 2 rings (SSSR count). The Labute approximate surface area is 126 Å². The number of amides is 1. The first kappa shape index (κ1) is 15.4. The highest BCUT2D eigenvalue weighted by atomic mass is 16.2. The van der Waals surface area contributed by atoms with E-state index >= 15 is 0 Å². The molecule has 5 heteroatoms. The topological polar surface area (TPSA) is 56.7 Å². The molecule has 0 saturated carbocycles. The molecule has 1 amide bonds. The lowest BCUT2D eigenvalue weighted by Crippen LogP contribution is -2.47. The third-order valence-corrected chi connectivity index (χ3v) is 3.54. The molecule has 1 heterocycles. The first-order valence-electron chi connectivity index (χ1n) is 7.42. The van der Waals surface area contributed by atoms with Crippen molar-refractivity contribution < 1.29 is 4.79 Å². The largest absolute Gasteiger partial charge is 0.354 e. The van der Waals surface area contributed by atoms with Crippen LogP contribution < -0.4 is 10.6 Å². The van der Waals surface area contributed by atoms with E-state index in [1.54, 1.807) is 7.05 Å². The lowest BCUT2D eigenvalue weighted by Gasteiger charge is -2.29. The Morgan fingerprint density at radius 3 is 2.71 bits per heavy atom. The van der Waals surface area contributed by atoms with Crippen LogP contribution in [0.3, 0.4) is 0 Å². The lowest BCUT2D eigenvalue weighted by atomic mass is 10.00. The van der Waals surface area contributed by atoms with E-state index in [2.05, 4.69) is 33.8 Å². The zero-order valence-corrected chi connectivity index (χ0v) is 13.0. The molecule has 0 radical (unpaired) electrons. The zero-order chi connectivity index (χ0) is 15.2. The number of benzene rings is 1. The molecule has 0 fully saturated rings. The van der Waals surface area contributed by atoms with Crippen LogP contribution in [0.25, 0.3) is 0 Å². The van der Waals surface area contributed by atoms with Crippen LogP contribution in [-0.2, 0) is 17.8 Å². The predicted octanol–water partition coefficient (Wildman–Crippen LogP) is 1.14. The molecule has 21 heavy (non-hydrogen) atoms. The molecule has 0 bridgehead atoms. The average molecular weight is 288 g/mol. The highest BCUT2D eigenvalue weighted by Crippen LogP contribution is 2.18. The van der Waals surface area contributed by atoms with Gasteiger partial charge in [-0.05, 0) is 31.4 Å². The van der Waals surface area contributed by atoms with Gasteiger partial charge in [0.05, 0.1) is 6.54 Å². The van der Waals surface area contributed by atoms with Gasteiger partial charge in [-0.25, -0.2) is 0 Å². The quantitative estimate of drug-likeness (QED) is 0.648. The number of hydrogen-bond donors (Lipinski definition) is 2. The first-order valence-corrected chi connectivity index (χ1v) is 7.42. The van der Waals surface area contributed by atoms with Crippen molar-refractivity contribution in [3.8, 4) is 0 Å². The summed E-state index contributed by atoms with van der Waals surface area (Å²) >= 11 is 0. The standard InChI is InChI=1S/C16H24N4O/c1-12(2)19-16(17-3)18-10-15(21)20-9-8-13-6-4-5-7-14(13)11-20/h4-7,12H,8-11H2,1-3H3,(H2,17,18,19). The molecule has 0 aromatic heterocycles. The van der Waals surface area contributed by atoms with Gasteiger partial charge in [-0.15, -0.1) is 0 Å². The maximum Gasteiger partial charge on any atom is 0.242 e. The molecule has 0 saturated heterocycles. The zero-order valence-electron chi connectivity index (χ0n) is 13.0. The van der Waals surface area contributed by atoms with Crippen molar-refractivity contribution in [2.45, 2.75) is 32.9 Å². The van der Waals surface area contributed by atoms with Crippen molar-refractivity contribution in [1.82, 2.24) is 15.5 Å². The number of carbonyl (C=O) groups is 1. The molecule has 5 nitrogen and oxygen atoms in total. The van der Waals surface area contributed by atoms with Crippen molar-refractivity contribution >= 4 is 11.9 Å². The fourth-order valence-corrected chi connectivity index (χ4v) is 2.45. The third kappa shape index (κ3) is 4.21. The Hall–Kier alpha value is -2.04. The summed E-state index contributed by atoms with van der Waals surface area (Å²) in [4.78, 5) is 18.3. The van der Waals surface area contributed by atoms with Gasteiger partial charge < -0.3 is 15.5 Å². The Kier molecular flexibility index (Phi) is 5.20. The number of rotatable bonds is 3. The van der Waals surface area contributed by atoms with E-state index in [4.69, 9.17) is 0 Å². The summed E-state index contributed by atoms with van der Waals surface area (Å²) in [5, 5.41) is 6.24. The Bertz CT molecular complexity index is 525. The lowest BCUT2D eigenvalue weighted by molar-refractivity contribution is -0.130. The molecule has 0 aliphatic carbocycles. The van der Waals surface area contributed by atoms with Crippen LogP contribution in [0.4, 0.5) is 0 Å². The molecule has 1 aliphatic heterocycles. The van der Waals surface area contributed by atoms with Crippen molar-refractivity contribution in [3.05, 3.63) is 35.4 Å². The number of fused-ring (bicyclic) bond motifs is 1. The monoisotopic (exact) mass is 288 g/mol. The molecule has 2 N–H and O–H groups in total. The van der Waals surface area contributed by atoms with Crippen LogP contribution in [0.2, 0.25) is 0 Å². The molecular formula is C16H24N4O. The van der Waals surface area contributed by atoms with Gasteiger partial charge in [0.25, 0.3) is 0 Å². The number of aliphatic imine (C=N–C) groups is 1. The molecule has 0 atom stereocenters. The maximum atomic E-state index is 12.3. The summed E-state index contributed by atoms with van der Waals surface area (Å²) < 4.78 is 0. The second-order valence-electron chi connectivity index (χ2n) is 5.56. The summed E-state index contributed by atoms with van der Waals surface area (Å²) in [6.07, 6.45) is 0.931. The minimum absolute atomic E-state index is 0.108. The van der Waals surface area contributed by atoms with Crippen LogP contribution in [0.5, 0.6) is 0 Å². The summed E-state index contributed by atoms with van der Waals surface area (Å²) in [5.74, 6) is 0.770. The van der Waals surface area contributed by atoms with Crippen LogP contribution in [-0.4, -0.2) is 42.9 Å².